The van der Waals surface area contributed by atoms with Gasteiger partial charge in [-0.15, -0.1) is 0 Å². The molecule has 1 aliphatic heterocycles. The van der Waals surface area contributed by atoms with Crippen molar-refractivity contribution in [2.24, 2.45) is 5.92 Å². The molecule has 1 aromatic carbocycles. The first-order valence-electron chi connectivity index (χ1n) is 10.3. The summed E-state index contributed by atoms with van der Waals surface area (Å²) >= 11 is 12.0. The first-order valence-corrected chi connectivity index (χ1v) is 11.0. The van der Waals surface area contributed by atoms with Gasteiger partial charge in [-0.25, -0.2) is 0 Å². The van der Waals surface area contributed by atoms with Gasteiger partial charge >= 0.3 is 0 Å². The maximum absolute atomic E-state index is 13.1. The number of nitrogens with zero attached hydrogens (tertiary/aromatic N) is 2. The normalized spacial score (nSPS) is 15.7. The van der Waals surface area contributed by atoms with Gasteiger partial charge in [0.15, 0.2) is 0 Å². The molecule has 1 saturated heterocycles. The molecular weight excluding hydrogens is 427 g/mol. The van der Waals surface area contributed by atoms with E-state index in [1.807, 2.05) is 25.7 Å². The molecule has 1 fully saturated rings. The molecule has 1 atom stereocenters. The summed E-state index contributed by atoms with van der Waals surface area (Å²) in [6.45, 7) is 9.06. The second-order valence-electron chi connectivity index (χ2n) is 7.77. The quantitative estimate of drug-likeness (QED) is 0.629. The van der Waals surface area contributed by atoms with Crippen molar-refractivity contribution in [2.75, 3.05) is 39.3 Å². The molecule has 166 valence electrons. The van der Waals surface area contributed by atoms with Gasteiger partial charge in [-0.05, 0) is 30.5 Å². The molecule has 0 spiro atoms. The lowest BCUT2D eigenvalue weighted by Gasteiger charge is -2.37. The predicted octanol–water partition coefficient (Wildman–Crippen LogP) is 2.42. The lowest BCUT2D eigenvalue weighted by molar-refractivity contribution is -0.136. The first-order chi connectivity index (χ1) is 14.2. The van der Waals surface area contributed by atoms with Crippen LogP contribution in [0.5, 0.6) is 0 Å². The Morgan fingerprint density at radius 3 is 2.33 bits per heavy atom. The van der Waals surface area contributed by atoms with Crippen LogP contribution in [0, 0.1) is 5.92 Å². The molecule has 2 rings (SSSR count). The van der Waals surface area contributed by atoms with Crippen LogP contribution in [-0.2, 0) is 9.59 Å². The van der Waals surface area contributed by atoms with Gasteiger partial charge < -0.3 is 15.5 Å². The number of carbonyl (C=O) groups is 3. The van der Waals surface area contributed by atoms with Crippen molar-refractivity contribution in [1.82, 2.24) is 20.4 Å². The van der Waals surface area contributed by atoms with Crippen molar-refractivity contribution < 1.29 is 14.4 Å². The molecule has 1 heterocycles. The third-order valence-corrected chi connectivity index (χ3v) is 5.57. The van der Waals surface area contributed by atoms with Crippen LogP contribution in [0.1, 0.15) is 37.6 Å². The van der Waals surface area contributed by atoms with Crippen LogP contribution >= 0.6 is 23.2 Å². The van der Waals surface area contributed by atoms with E-state index in [1.165, 1.54) is 6.07 Å². The highest BCUT2D eigenvalue weighted by atomic mass is 35.5. The number of rotatable bonds is 8. The average Bonchev–Trinajstić information content (AvgIpc) is 2.70. The number of hydrogen-bond acceptors (Lipinski definition) is 4. The second kappa shape index (κ2) is 11.5. The number of amides is 3. The van der Waals surface area contributed by atoms with Crippen molar-refractivity contribution in [3.63, 3.8) is 0 Å². The van der Waals surface area contributed by atoms with Crippen LogP contribution in [0.4, 0.5) is 0 Å². The van der Waals surface area contributed by atoms with Crippen molar-refractivity contribution in [1.29, 1.82) is 0 Å². The smallest absolute Gasteiger partial charge is 0.253 e. The zero-order valence-electron chi connectivity index (χ0n) is 17.7. The summed E-state index contributed by atoms with van der Waals surface area (Å²) < 4.78 is 0. The van der Waals surface area contributed by atoms with E-state index in [0.29, 0.717) is 44.3 Å². The third-order valence-electron chi connectivity index (χ3n) is 5.02. The molecule has 0 aliphatic carbocycles. The largest absolute Gasteiger partial charge is 0.355 e. The zero-order valence-corrected chi connectivity index (χ0v) is 19.2. The van der Waals surface area contributed by atoms with Crippen LogP contribution in [0.25, 0.3) is 0 Å². The van der Waals surface area contributed by atoms with E-state index >= 15 is 0 Å². The highest BCUT2D eigenvalue weighted by Gasteiger charge is 2.31. The summed E-state index contributed by atoms with van der Waals surface area (Å²) in [7, 11) is 0. The molecule has 9 heteroatoms. The van der Waals surface area contributed by atoms with Crippen LogP contribution in [0.3, 0.4) is 0 Å². The summed E-state index contributed by atoms with van der Waals surface area (Å²) in [6, 6.07) is 3.97. The summed E-state index contributed by atoms with van der Waals surface area (Å²) in [4.78, 5) is 41.4. The number of nitrogens with one attached hydrogen (secondary N) is 2. The Bertz CT molecular complexity index is 765. The van der Waals surface area contributed by atoms with E-state index in [9.17, 15) is 14.4 Å². The second-order valence-corrected chi connectivity index (χ2v) is 8.61. The lowest BCUT2D eigenvalue weighted by Crippen LogP contribution is -2.57. The van der Waals surface area contributed by atoms with Gasteiger partial charge in [0.2, 0.25) is 11.8 Å². The van der Waals surface area contributed by atoms with Crippen molar-refractivity contribution in [3.8, 4) is 0 Å². The molecule has 0 aromatic heterocycles. The van der Waals surface area contributed by atoms with Gasteiger partial charge in [-0.2, -0.15) is 0 Å². The maximum Gasteiger partial charge on any atom is 0.253 e. The summed E-state index contributed by atoms with van der Waals surface area (Å²) in [5.74, 6) is -0.623. The van der Waals surface area contributed by atoms with Gasteiger partial charge in [0.25, 0.3) is 5.91 Å². The molecule has 1 aromatic rings. The molecule has 1 aliphatic rings. The number of carbonyl (C=O) groups excluding carboxylic acids is 3. The molecule has 1 unspecified atom stereocenters. The maximum atomic E-state index is 13.1. The molecule has 30 heavy (non-hydrogen) atoms. The van der Waals surface area contributed by atoms with Gasteiger partial charge in [-0.3, -0.25) is 19.3 Å². The Morgan fingerprint density at radius 2 is 1.77 bits per heavy atom. The molecule has 0 saturated carbocycles. The Morgan fingerprint density at radius 1 is 1.10 bits per heavy atom. The minimum atomic E-state index is -0.663. The fraction of sp³-hybridized carbons (Fsp3) is 0.571. The SMILES string of the molecule is CCCNC(=O)CN1CCN(C(=O)C(NC(=O)c2ccc(Cl)cc2Cl)C(C)C)CC1. The number of benzene rings is 1. The van der Waals surface area contributed by atoms with Crippen molar-refractivity contribution in [3.05, 3.63) is 33.8 Å². The Hall–Kier alpha value is -1.83. The van der Waals surface area contributed by atoms with E-state index in [0.717, 1.165) is 6.42 Å². The van der Waals surface area contributed by atoms with E-state index in [4.69, 9.17) is 23.2 Å². The van der Waals surface area contributed by atoms with Gasteiger partial charge in [0, 0.05) is 37.7 Å². The lowest BCUT2D eigenvalue weighted by atomic mass is 10.0. The van der Waals surface area contributed by atoms with Gasteiger partial charge in [-0.1, -0.05) is 44.0 Å². The van der Waals surface area contributed by atoms with Crippen molar-refractivity contribution in [2.45, 2.75) is 33.2 Å². The van der Waals surface area contributed by atoms with E-state index in [2.05, 4.69) is 10.6 Å². The monoisotopic (exact) mass is 456 g/mol. The molecule has 3 amide bonds. The first kappa shape index (κ1) is 24.4. The zero-order chi connectivity index (χ0) is 22.3. The fourth-order valence-corrected chi connectivity index (χ4v) is 3.75. The highest BCUT2D eigenvalue weighted by Crippen LogP contribution is 2.21. The fourth-order valence-electron chi connectivity index (χ4n) is 3.25. The topological polar surface area (TPSA) is 81.8 Å². The summed E-state index contributed by atoms with van der Waals surface area (Å²) in [5.41, 5.74) is 0.280. The molecule has 7 nitrogen and oxygen atoms in total. The number of hydrogen-bond donors (Lipinski definition) is 2. The van der Waals surface area contributed by atoms with Crippen molar-refractivity contribution >= 4 is 40.9 Å². The summed E-state index contributed by atoms with van der Waals surface area (Å²) in [5, 5.41) is 6.37. The standard InChI is InChI=1S/C21H30Cl2N4O3/c1-4-7-24-18(28)13-26-8-10-27(11-9-26)21(30)19(14(2)3)25-20(29)16-6-5-15(22)12-17(16)23/h5-6,12,14,19H,4,7-11,13H2,1-3H3,(H,24,28)(H,25,29). The molecule has 0 radical (unpaired) electrons. The number of piperazine rings is 1. The molecule has 2 N–H and O–H groups in total. The van der Waals surface area contributed by atoms with Crippen LogP contribution in [0.15, 0.2) is 18.2 Å². The summed E-state index contributed by atoms with van der Waals surface area (Å²) in [6.07, 6.45) is 0.900. The minimum absolute atomic E-state index is 0.00351. The van der Waals surface area contributed by atoms with E-state index in [1.54, 1.807) is 17.0 Å². The van der Waals surface area contributed by atoms with Gasteiger partial charge in [0.1, 0.15) is 6.04 Å². The Balaban J connectivity index is 1.94. The molecular formula is C21H30Cl2N4O3. The Kier molecular flexibility index (Phi) is 9.39. The third kappa shape index (κ3) is 6.86. The predicted molar refractivity (Wildman–Crippen MR) is 119 cm³/mol. The van der Waals surface area contributed by atoms with E-state index in [-0.39, 0.29) is 28.3 Å². The van der Waals surface area contributed by atoms with E-state index < -0.39 is 11.9 Å². The number of halogens is 2. The highest BCUT2D eigenvalue weighted by molar-refractivity contribution is 6.36. The molecule has 0 bridgehead atoms. The van der Waals surface area contributed by atoms with Crippen LogP contribution in [-0.4, -0.2) is 72.8 Å². The Labute approximate surface area is 188 Å². The van der Waals surface area contributed by atoms with Crippen LogP contribution in [0.2, 0.25) is 10.0 Å². The average molecular weight is 457 g/mol. The van der Waals surface area contributed by atoms with Crippen LogP contribution < -0.4 is 10.6 Å². The minimum Gasteiger partial charge on any atom is -0.355 e. The van der Waals surface area contributed by atoms with Gasteiger partial charge in [0.05, 0.1) is 17.1 Å².